The number of hydrogen-bond acceptors (Lipinski definition) is 2. The molecule has 2 nitrogen and oxygen atoms in total. The molecule has 3 atom stereocenters. The van der Waals surface area contributed by atoms with Crippen LogP contribution in [-0.4, -0.2) is 12.1 Å². The van der Waals surface area contributed by atoms with Crippen molar-refractivity contribution in [3.05, 3.63) is 34.3 Å². The summed E-state index contributed by atoms with van der Waals surface area (Å²) in [6.07, 6.45) is 7.39. The fourth-order valence-electron chi connectivity index (χ4n) is 2.50. The van der Waals surface area contributed by atoms with Gasteiger partial charge >= 0.3 is 0 Å². The summed E-state index contributed by atoms with van der Waals surface area (Å²) in [6, 6.07) is 8.34. The third kappa shape index (κ3) is 6.94. The van der Waals surface area contributed by atoms with E-state index in [4.69, 9.17) is 10.5 Å². The maximum Gasteiger partial charge on any atom is 0.0979 e. The molecule has 0 aliphatic heterocycles. The molecule has 0 saturated heterocycles. The first-order valence-corrected chi connectivity index (χ1v) is 9.04. The maximum absolute atomic E-state index is 6.28. The van der Waals surface area contributed by atoms with Crippen molar-refractivity contribution in [2.75, 3.05) is 0 Å². The SMILES string of the molecule is CCCCCCC(C)OC(c1cccc(Br)c1)C(N)CC. The molecule has 21 heavy (non-hydrogen) atoms. The molecule has 0 radical (unpaired) electrons. The van der Waals surface area contributed by atoms with Crippen molar-refractivity contribution in [3.63, 3.8) is 0 Å². The van der Waals surface area contributed by atoms with Crippen LogP contribution in [0.2, 0.25) is 0 Å². The highest BCUT2D eigenvalue weighted by molar-refractivity contribution is 9.10. The maximum atomic E-state index is 6.28. The van der Waals surface area contributed by atoms with Crippen LogP contribution >= 0.6 is 15.9 Å². The van der Waals surface area contributed by atoms with Crippen molar-refractivity contribution in [1.82, 2.24) is 0 Å². The van der Waals surface area contributed by atoms with E-state index in [0.717, 1.165) is 17.3 Å². The van der Waals surface area contributed by atoms with E-state index in [1.165, 1.54) is 31.2 Å². The van der Waals surface area contributed by atoms with Crippen LogP contribution in [0.3, 0.4) is 0 Å². The highest BCUT2D eigenvalue weighted by Crippen LogP contribution is 2.27. The molecule has 0 spiro atoms. The monoisotopic (exact) mass is 355 g/mol. The van der Waals surface area contributed by atoms with E-state index < -0.39 is 0 Å². The van der Waals surface area contributed by atoms with Gasteiger partial charge in [0.25, 0.3) is 0 Å². The number of ether oxygens (including phenoxy) is 1. The van der Waals surface area contributed by atoms with Gasteiger partial charge in [-0.25, -0.2) is 0 Å². The molecule has 0 amide bonds. The van der Waals surface area contributed by atoms with Crippen LogP contribution in [0.5, 0.6) is 0 Å². The highest BCUT2D eigenvalue weighted by atomic mass is 79.9. The molecule has 0 bridgehead atoms. The lowest BCUT2D eigenvalue weighted by Gasteiger charge is -2.27. The Balaban J connectivity index is 2.62. The fraction of sp³-hybridized carbons (Fsp3) is 0.667. The third-order valence-electron chi connectivity index (χ3n) is 3.88. The third-order valence-corrected chi connectivity index (χ3v) is 4.37. The number of halogens is 1. The summed E-state index contributed by atoms with van der Waals surface area (Å²) >= 11 is 3.53. The standard InChI is InChI=1S/C18H30BrNO/c1-4-6-7-8-10-14(3)21-18(17(20)5-2)15-11-9-12-16(19)13-15/h9,11-14,17-18H,4-8,10,20H2,1-3H3. The average molecular weight is 356 g/mol. The van der Waals surface area contributed by atoms with Gasteiger partial charge in [-0.1, -0.05) is 67.6 Å². The van der Waals surface area contributed by atoms with E-state index in [9.17, 15) is 0 Å². The predicted molar refractivity (Wildman–Crippen MR) is 94.5 cm³/mol. The second kappa shape index (κ2) is 10.4. The fourth-order valence-corrected chi connectivity index (χ4v) is 2.92. The van der Waals surface area contributed by atoms with Crippen LogP contribution in [-0.2, 0) is 4.74 Å². The first-order valence-electron chi connectivity index (χ1n) is 8.25. The van der Waals surface area contributed by atoms with Gasteiger partial charge in [-0.2, -0.15) is 0 Å². The molecule has 0 aromatic heterocycles. The Bertz CT molecular complexity index is 397. The van der Waals surface area contributed by atoms with E-state index in [0.29, 0.717) is 0 Å². The van der Waals surface area contributed by atoms with Crippen LogP contribution in [0.4, 0.5) is 0 Å². The highest BCUT2D eigenvalue weighted by Gasteiger charge is 2.21. The van der Waals surface area contributed by atoms with E-state index in [-0.39, 0.29) is 18.2 Å². The van der Waals surface area contributed by atoms with Crippen LogP contribution in [0, 0.1) is 0 Å². The zero-order valence-electron chi connectivity index (χ0n) is 13.6. The normalized spacial score (nSPS) is 15.7. The van der Waals surface area contributed by atoms with E-state index in [2.05, 4.69) is 48.8 Å². The lowest BCUT2D eigenvalue weighted by Crippen LogP contribution is -2.31. The zero-order valence-corrected chi connectivity index (χ0v) is 15.2. The van der Waals surface area contributed by atoms with Gasteiger partial charge in [0.1, 0.15) is 0 Å². The number of benzene rings is 1. The van der Waals surface area contributed by atoms with Gasteiger partial charge in [0.15, 0.2) is 0 Å². The average Bonchev–Trinajstić information content (AvgIpc) is 2.48. The van der Waals surface area contributed by atoms with E-state index in [1.54, 1.807) is 0 Å². The summed E-state index contributed by atoms with van der Waals surface area (Å²) in [5.74, 6) is 0. The van der Waals surface area contributed by atoms with Gasteiger partial charge < -0.3 is 10.5 Å². The Labute approximate surface area is 138 Å². The number of rotatable bonds is 10. The Kier molecular flexibility index (Phi) is 9.21. The summed E-state index contributed by atoms with van der Waals surface area (Å²) in [4.78, 5) is 0. The minimum absolute atomic E-state index is 0.0197. The Morgan fingerprint density at radius 2 is 1.95 bits per heavy atom. The summed E-state index contributed by atoms with van der Waals surface area (Å²) in [5, 5.41) is 0. The Morgan fingerprint density at radius 3 is 2.57 bits per heavy atom. The second-order valence-corrected chi connectivity index (χ2v) is 6.76. The first-order chi connectivity index (χ1) is 10.1. The summed E-state index contributed by atoms with van der Waals surface area (Å²) in [6.45, 7) is 6.52. The molecule has 0 aliphatic rings. The molecular formula is C18H30BrNO. The lowest BCUT2D eigenvalue weighted by atomic mass is 10.0. The molecular weight excluding hydrogens is 326 g/mol. The summed E-state index contributed by atoms with van der Waals surface area (Å²) in [7, 11) is 0. The smallest absolute Gasteiger partial charge is 0.0979 e. The predicted octanol–water partition coefficient (Wildman–Crippen LogP) is 5.60. The van der Waals surface area contributed by atoms with Gasteiger partial charge in [-0.15, -0.1) is 0 Å². The minimum Gasteiger partial charge on any atom is -0.369 e. The van der Waals surface area contributed by atoms with E-state index >= 15 is 0 Å². The molecule has 0 heterocycles. The van der Waals surface area contributed by atoms with Crippen LogP contribution in [0.15, 0.2) is 28.7 Å². The number of unbranched alkanes of at least 4 members (excludes halogenated alkanes) is 3. The Hall–Kier alpha value is -0.380. The Morgan fingerprint density at radius 1 is 1.19 bits per heavy atom. The van der Waals surface area contributed by atoms with Crippen molar-refractivity contribution >= 4 is 15.9 Å². The van der Waals surface area contributed by atoms with Gasteiger partial charge in [0.05, 0.1) is 12.2 Å². The zero-order chi connectivity index (χ0) is 15.7. The van der Waals surface area contributed by atoms with Crippen molar-refractivity contribution in [1.29, 1.82) is 0 Å². The molecule has 1 aromatic rings. The molecule has 0 aliphatic carbocycles. The van der Waals surface area contributed by atoms with Crippen LogP contribution in [0.25, 0.3) is 0 Å². The van der Waals surface area contributed by atoms with Crippen molar-refractivity contribution in [2.45, 2.75) is 77.5 Å². The molecule has 3 heteroatoms. The topological polar surface area (TPSA) is 35.2 Å². The van der Waals surface area contributed by atoms with Crippen LogP contribution in [0.1, 0.15) is 71.0 Å². The van der Waals surface area contributed by atoms with Crippen molar-refractivity contribution in [2.24, 2.45) is 5.73 Å². The minimum atomic E-state index is -0.0197. The van der Waals surface area contributed by atoms with Crippen LogP contribution < -0.4 is 5.73 Å². The molecule has 0 saturated carbocycles. The van der Waals surface area contributed by atoms with Gasteiger partial charge in [0.2, 0.25) is 0 Å². The van der Waals surface area contributed by atoms with E-state index in [1.807, 2.05) is 12.1 Å². The van der Waals surface area contributed by atoms with Gasteiger partial charge in [0, 0.05) is 10.5 Å². The summed E-state index contributed by atoms with van der Waals surface area (Å²) < 4.78 is 7.35. The van der Waals surface area contributed by atoms with Crippen molar-refractivity contribution in [3.8, 4) is 0 Å². The molecule has 0 fully saturated rings. The molecule has 120 valence electrons. The quantitative estimate of drug-likeness (QED) is 0.554. The second-order valence-electron chi connectivity index (χ2n) is 5.84. The van der Waals surface area contributed by atoms with Crippen molar-refractivity contribution < 1.29 is 4.74 Å². The first kappa shape index (κ1) is 18.7. The van der Waals surface area contributed by atoms with Gasteiger partial charge in [-0.3, -0.25) is 0 Å². The summed E-state index contributed by atoms with van der Waals surface area (Å²) in [5.41, 5.74) is 7.45. The van der Waals surface area contributed by atoms with Gasteiger partial charge in [-0.05, 0) is 37.5 Å². The number of hydrogen-bond donors (Lipinski definition) is 1. The molecule has 3 unspecified atom stereocenters. The lowest BCUT2D eigenvalue weighted by molar-refractivity contribution is -0.0230. The molecule has 1 aromatic carbocycles. The molecule has 1 rings (SSSR count). The molecule has 2 N–H and O–H groups in total. The number of nitrogens with two attached hydrogens (primary N) is 1. The largest absolute Gasteiger partial charge is 0.369 e.